The van der Waals surface area contributed by atoms with Crippen molar-refractivity contribution < 1.29 is 9.53 Å². The number of amides is 1. The second-order valence-electron chi connectivity index (χ2n) is 6.88. The Bertz CT molecular complexity index is 1160. The Morgan fingerprint density at radius 3 is 2.67 bits per heavy atom. The van der Waals surface area contributed by atoms with Gasteiger partial charge >= 0.3 is 0 Å². The van der Waals surface area contributed by atoms with Crippen LogP contribution in [-0.4, -0.2) is 53.0 Å². The zero-order valence-corrected chi connectivity index (χ0v) is 16.8. The lowest BCUT2D eigenvalue weighted by Crippen LogP contribution is -2.28. The first-order chi connectivity index (χ1) is 14.6. The summed E-state index contributed by atoms with van der Waals surface area (Å²) in [6, 6.07) is 20.7. The molecular weight excluding hydrogens is 380 g/mol. The Kier molecular flexibility index (Phi) is 5.56. The first-order valence-corrected chi connectivity index (χ1v) is 9.58. The minimum absolute atomic E-state index is 0.143. The summed E-state index contributed by atoms with van der Waals surface area (Å²) in [6.45, 7) is 0.652. The monoisotopic (exact) mass is 402 g/mol. The van der Waals surface area contributed by atoms with Crippen molar-refractivity contribution in [1.82, 2.24) is 25.1 Å². The molecule has 0 spiro atoms. The minimum atomic E-state index is -0.143. The highest BCUT2D eigenvalue weighted by molar-refractivity contribution is 5.95. The smallest absolute Gasteiger partial charge is 0.251 e. The van der Waals surface area contributed by atoms with Crippen LogP contribution in [0.15, 0.2) is 66.7 Å². The molecule has 4 rings (SSSR count). The molecule has 1 N–H and O–H groups in total. The largest absolute Gasteiger partial charge is 0.475 e. The van der Waals surface area contributed by atoms with Gasteiger partial charge in [-0.05, 0) is 24.3 Å². The molecule has 0 fully saturated rings. The molecule has 0 saturated carbocycles. The van der Waals surface area contributed by atoms with Crippen LogP contribution in [0.2, 0.25) is 0 Å². The lowest BCUT2D eigenvalue weighted by molar-refractivity contribution is 0.0946. The normalized spacial score (nSPS) is 10.7. The molecule has 0 unspecified atom stereocenters. The van der Waals surface area contributed by atoms with Crippen LogP contribution < -0.4 is 15.0 Å². The molecule has 8 heteroatoms. The summed E-state index contributed by atoms with van der Waals surface area (Å²) >= 11 is 0. The van der Waals surface area contributed by atoms with Crippen molar-refractivity contribution in [3.05, 3.63) is 72.3 Å². The van der Waals surface area contributed by atoms with Crippen LogP contribution in [0, 0.1) is 0 Å². The summed E-state index contributed by atoms with van der Waals surface area (Å²) in [6.07, 6.45) is 0. The maximum atomic E-state index is 12.4. The van der Waals surface area contributed by atoms with Crippen LogP contribution in [-0.2, 0) is 0 Å². The second-order valence-corrected chi connectivity index (χ2v) is 6.88. The van der Waals surface area contributed by atoms with Crippen LogP contribution in [0.25, 0.3) is 17.0 Å². The van der Waals surface area contributed by atoms with E-state index in [2.05, 4.69) is 20.6 Å². The standard InChI is InChI=1S/C22H22N6O2/c1-27(2)18-10-6-9-17(15-18)22(29)23-13-14-30-20-12-11-19-24-25-21(28(19)26-20)16-7-4-3-5-8-16/h3-12,15H,13-14H2,1-2H3,(H,23,29). The molecule has 4 aromatic rings. The molecule has 0 aliphatic rings. The third-order valence-corrected chi connectivity index (χ3v) is 4.53. The predicted molar refractivity (Wildman–Crippen MR) is 115 cm³/mol. The number of aromatic nitrogens is 4. The Labute approximate surface area is 174 Å². The maximum Gasteiger partial charge on any atom is 0.251 e. The fourth-order valence-corrected chi connectivity index (χ4v) is 2.96. The van der Waals surface area contributed by atoms with Crippen LogP contribution in [0.3, 0.4) is 0 Å². The number of benzene rings is 2. The van der Waals surface area contributed by atoms with Crippen molar-refractivity contribution in [1.29, 1.82) is 0 Å². The fourth-order valence-electron chi connectivity index (χ4n) is 2.96. The van der Waals surface area contributed by atoms with Gasteiger partial charge in [-0.15, -0.1) is 15.3 Å². The summed E-state index contributed by atoms with van der Waals surface area (Å²) < 4.78 is 7.36. The van der Waals surface area contributed by atoms with Crippen molar-refractivity contribution in [3.8, 4) is 17.3 Å². The maximum absolute atomic E-state index is 12.4. The highest BCUT2D eigenvalue weighted by Gasteiger charge is 2.10. The number of nitrogens with zero attached hydrogens (tertiary/aromatic N) is 5. The lowest BCUT2D eigenvalue weighted by atomic mass is 10.2. The van der Waals surface area contributed by atoms with Gasteiger partial charge in [0.05, 0.1) is 6.54 Å². The van der Waals surface area contributed by atoms with Gasteiger partial charge in [-0.1, -0.05) is 36.4 Å². The number of hydrogen-bond acceptors (Lipinski definition) is 6. The number of nitrogens with one attached hydrogen (secondary N) is 1. The van der Waals surface area contributed by atoms with Gasteiger partial charge in [-0.25, -0.2) is 0 Å². The third-order valence-electron chi connectivity index (χ3n) is 4.53. The Balaban J connectivity index is 1.37. The molecule has 0 radical (unpaired) electrons. The molecule has 0 bridgehead atoms. The van der Waals surface area contributed by atoms with Crippen molar-refractivity contribution in [2.75, 3.05) is 32.1 Å². The van der Waals surface area contributed by atoms with E-state index in [-0.39, 0.29) is 5.91 Å². The molecule has 0 aliphatic carbocycles. The quantitative estimate of drug-likeness (QED) is 0.479. The average Bonchev–Trinajstić information content (AvgIpc) is 3.20. The zero-order valence-electron chi connectivity index (χ0n) is 16.8. The van der Waals surface area contributed by atoms with E-state index in [1.165, 1.54) is 0 Å². The van der Waals surface area contributed by atoms with Crippen molar-refractivity contribution in [2.45, 2.75) is 0 Å². The molecular formula is C22H22N6O2. The van der Waals surface area contributed by atoms with E-state index in [4.69, 9.17) is 4.74 Å². The first kappa shape index (κ1) is 19.4. The van der Waals surface area contributed by atoms with E-state index in [1.807, 2.05) is 67.5 Å². The van der Waals surface area contributed by atoms with E-state index in [0.29, 0.717) is 36.1 Å². The first-order valence-electron chi connectivity index (χ1n) is 9.58. The van der Waals surface area contributed by atoms with E-state index in [9.17, 15) is 4.79 Å². The third kappa shape index (κ3) is 4.22. The van der Waals surface area contributed by atoms with E-state index >= 15 is 0 Å². The SMILES string of the molecule is CN(C)c1cccc(C(=O)NCCOc2ccc3nnc(-c4ccccc4)n3n2)c1. The summed E-state index contributed by atoms with van der Waals surface area (Å²) in [5, 5.41) is 15.7. The van der Waals surface area contributed by atoms with Gasteiger partial charge in [-0.3, -0.25) is 4.79 Å². The molecule has 0 atom stereocenters. The highest BCUT2D eigenvalue weighted by Crippen LogP contribution is 2.18. The van der Waals surface area contributed by atoms with E-state index in [1.54, 1.807) is 22.7 Å². The number of anilines is 1. The molecule has 152 valence electrons. The molecule has 2 heterocycles. The summed E-state index contributed by atoms with van der Waals surface area (Å²) in [7, 11) is 3.88. The summed E-state index contributed by atoms with van der Waals surface area (Å²) in [5.41, 5.74) is 3.13. The van der Waals surface area contributed by atoms with Crippen molar-refractivity contribution in [3.63, 3.8) is 0 Å². The van der Waals surface area contributed by atoms with Gasteiger partial charge in [0.15, 0.2) is 11.5 Å². The lowest BCUT2D eigenvalue weighted by Gasteiger charge is -2.13. The van der Waals surface area contributed by atoms with Crippen LogP contribution in [0.4, 0.5) is 5.69 Å². The summed E-state index contributed by atoms with van der Waals surface area (Å²) in [4.78, 5) is 14.3. The Hall–Kier alpha value is -3.94. The summed E-state index contributed by atoms with van der Waals surface area (Å²) in [5.74, 6) is 0.935. The Morgan fingerprint density at radius 2 is 1.87 bits per heavy atom. The zero-order chi connectivity index (χ0) is 20.9. The molecule has 8 nitrogen and oxygen atoms in total. The van der Waals surface area contributed by atoms with Gasteiger partial charge in [-0.2, -0.15) is 4.52 Å². The second kappa shape index (κ2) is 8.60. The number of rotatable bonds is 7. The average molecular weight is 402 g/mol. The molecule has 2 aromatic carbocycles. The molecule has 1 amide bonds. The molecule has 0 saturated heterocycles. The molecule has 2 aromatic heterocycles. The predicted octanol–water partition coefficient (Wildman–Crippen LogP) is 2.67. The topological polar surface area (TPSA) is 84.7 Å². The number of carbonyl (C=O) groups is 1. The minimum Gasteiger partial charge on any atom is -0.475 e. The number of hydrogen-bond donors (Lipinski definition) is 1. The van der Waals surface area contributed by atoms with Crippen molar-refractivity contribution >= 4 is 17.2 Å². The Morgan fingerprint density at radius 1 is 1.03 bits per heavy atom. The van der Waals surface area contributed by atoms with Crippen LogP contribution >= 0.6 is 0 Å². The van der Waals surface area contributed by atoms with Gasteiger partial charge in [0.1, 0.15) is 6.61 Å². The van der Waals surface area contributed by atoms with Gasteiger partial charge in [0, 0.05) is 37.0 Å². The van der Waals surface area contributed by atoms with E-state index < -0.39 is 0 Å². The van der Waals surface area contributed by atoms with Gasteiger partial charge in [0.25, 0.3) is 5.91 Å². The molecule has 0 aliphatic heterocycles. The number of ether oxygens (including phenoxy) is 1. The fraction of sp³-hybridized carbons (Fsp3) is 0.182. The van der Waals surface area contributed by atoms with Crippen molar-refractivity contribution in [2.24, 2.45) is 0 Å². The molecule has 30 heavy (non-hydrogen) atoms. The number of carbonyl (C=O) groups excluding carboxylic acids is 1. The van der Waals surface area contributed by atoms with E-state index in [0.717, 1.165) is 11.3 Å². The van der Waals surface area contributed by atoms with Gasteiger partial charge in [0.2, 0.25) is 5.88 Å². The highest BCUT2D eigenvalue weighted by atomic mass is 16.5. The number of fused-ring (bicyclic) bond motifs is 1. The van der Waals surface area contributed by atoms with Crippen LogP contribution in [0.5, 0.6) is 5.88 Å². The van der Waals surface area contributed by atoms with Gasteiger partial charge < -0.3 is 15.0 Å². The van der Waals surface area contributed by atoms with Crippen LogP contribution in [0.1, 0.15) is 10.4 Å².